The minimum absolute atomic E-state index is 0.432. The Kier molecular flexibility index (Phi) is 3.30. The number of alkyl halides is 2. The first-order valence-corrected chi connectivity index (χ1v) is 4.02. The normalized spacial score (nSPS) is 12.9. The molecule has 2 N–H and O–H groups in total. The van der Waals surface area contributed by atoms with E-state index >= 15 is 0 Å². The van der Waals surface area contributed by atoms with Crippen LogP contribution in [-0.4, -0.2) is 0 Å². The van der Waals surface area contributed by atoms with E-state index in [1.165, 1.54) is 12.1 Å². The van der Waals surface area contributed by atoms with Crippen LogP contribution in [0.1, 0.15) is 23.6 Å². The van der Waals surface area contributed by atoms with Gasteiger partial charge in [0.05, 0.1) is 5.56 Å². The summed E-state index contributed by atoms with van der Waals surface area (Å²) in [6, 6.07) is 2.89. The van der Waals surface area contributed by atoms with Gasteiger partial charge in [-0.25, -0.2) is 13.2 Å². The molecule has 1 aromatic rings. The first kappa shape index (κ1) is 10.8. The molecule has 4 heteroatoms. The Hall–Kier alpha value is -1.29. The first-order valence-electron chi connectivity index (χ1n) is 4.02. The average Bonchev–Trinajstić information content (AvgIpc) is 2.15. The van der Waals surface area contributed by atoms with Crippen molar-refractivity contribution in [2.24, 2.45) is 5.73 Å². The molecule has 0 unspecified atom stereocenters. The molecule has 0 spiro atoms. The summed E-state index contributed by atoms with van der Waals surface area (Å²) in [5, 5.41) is 0. The number of nitrogens with two attached hydrogens (primary N) is 1. The summed E-state index contributed by atoms with van der Waals surface area (Å²) >= 11 is 0. The molecule has 1 aromatic carbocycles. The van der Waals surface area contributed by atoms with Crippen LogP contribution in [0.3, 0.4) is 0 Å². The van der Waals surface area contributed by atoms with Crippen LogP contribution < -0.4 is 5.73 Å². The molecule has 76 valence electrons. The summed E-state index contributed by atoms with van der Waals surface area (Å²) in [5.74, 6) is -0.935. The predicted molar refractivity (Wildman–Crippen MR) is 48.5 cm³/mol. The molecule has 0 aliphatic carbocycles. The van der Waals surface area contributed by atoms with Crippen LogP contribution >= 0.6 is 0 Å². The van der Waals surface area contributed by atoms with E-state index in [1.807, 2.05) is 0 Å². The van der Waals surface area contributed by atoms with Crippen molar-refractivity contribution in [2.75, 3.05) is 0 Å². The first-order chi connectivity index (χ1) is 6.56. The fourth-order valence-corrected chi connectivity index (χ4v) is 1.06. The second kappa shape index (κ2) is 4.28. The second-order valence-electron chi connectivity index (χ2n) is 2.84. The fraction of sp³-hybridized carbons (Fsp3) is 0.200. The fourth-order valence-electron chi connectivity index (χ4n) is 1.06. The van der Waals surface area contributed by atoms with Crippen molar-refractivity contribution in [3.05, 3.63) is 47.8 Å². The molecule has 0 amide bonds. The Labute approximate surface area is 80.0 Å². The molecule has 0 aromatic heterocycles. The number of rotatable bonds is 3. The summed E-state index contributed by atoms with van der Waals surface area (Å²) in [6.45, 7) is 3.43. The lowest BCUT2D eigenvalue weighted by molar-refractivity contribution is 0.146. The van der Waals surface area contributed by atoms with Crippen LogP contribution in [-0.2, 0) is 0 Å². The Morgan fingerprint density at radius 1 is 1.36 bits per heavy atom. The van der Waals surface area contributed by atoms with Gasteiger partial charge in [-0.2, -0.15) is 0 Å². The van der Waals surface area contributed by atoms with E-state index in [4.69, 9.17) is 5.73 Å². The largest absolute Gasteiger partial charge is 0.321 e. The lowest BCUT2D eigenvalue weighted by Gasteiger charge is -2.08. The number of hydrogen-bond donors (Lipinski definition) is 1. The Morgan fingerprint density at radius 3 is 2.43 bits per heavy atom. The van der Waals surface area contributed by atoms with Gasteiger partial charge in [0.25, 0.3) is 6.43 Å². The van der Waals surface area contributed by atoms with Crippen molar-refractivity contribution in [3.8, 4) is 0 Å². The van der Waals surface area contributed by atoms with Crippen LogP contribution in [0.15, 0.2) is 30.9 Å². The highest BCUT2D eigenvalue weighted by Crippen LogP contribution is 2.24. The number of halogens is 3. The van der Waals surface area contributed by atoms with Gasteiger partial charge >= 0.3 is 0 Å². The van der Waals surface area contributed by atoms with Crippen molar-refractivity contribution in [2.45, 2.75) is 12.5 Å². The number of hydrogen-bond acceptors (Lipinski definition) is 1. The number of benzene rings is 1. The molecule has 0 bridgehead atoms. The third kappa shape index (κ3) is 2.14. The van der Waals surface area contributed by atoms with Crippen molar-refractivity contribution >= 4 is 0 Å². The predicted octanol–water partition coefficient (Wildman–Crippen LogP) is 2.95. The molecule has 14 heavy (non-hydrogen) atoms. The van der Waals surface area contributed by atoms with E-state index < -0.39 is 23.8 Å². The lowest BCUT2D eigenvalue weighted by Crippen LogP contribution is -2.07. The molecule has 0 saturated carbocycles. The van der Waals surface area contributed by atoms with Gasteiger partial charge in [-0.3, -0.25) is 0 Å². The minimum atomic E-state index is -2.80. The summed E-state index contributed by atoms with van der Waals surface area (Å²) < 4.78 is 37.3. The SMILES string of the molecule is C=C[C@H](N)c1ccc(C(F)F)c(F)c1. The maximum atomic E-state index is 13.0. The maximum absolute atomic E-state index is 13.0. The molecule has 0 heterocycles. The van der Waals surface area contributed by atoms with Crippen molar-refractivity contribution in [1.29, 1.82) is 0 Å². The summed E-state index contributed by atoms with van der Waals surface area (Å²) in [6.07, 6.45) is -1.39. The van der Waals surface area contributed by atoms with Gasteiger partial charge in [0.2, 0.25) is 0 Å². The Bertz CT molecular complexity index is 336. The zero-order chi connectivity index (χ0) is 10.7. The smallest absolute Gasteiger partial charge is 0.266 e. The topological polar surface area (TPSA) is 26.0 Å². The molecular formula is C10H10F3N. The van der Waals surface area contributed by atoms with Crippen LogP contribution in [0.25, 0.3) is 0 Å². The molecule has 0 aliphatic rings. The van der Waals surface area contributed by atoms with Crippen LogP contribution in [0.4, 0.5) is 13.2 Å². The van der Waals surface area contributed by atoms with Gasteiger partial charge < -0.3 is 5.73 Å². The van der Waals surface area contributed by atoms with Gasteiger partial charge in [0.1, 0.15) is 5.82 Å². The molecule has 0 saturated heterocycles. The van der Waals surface area contributed by atoms with Gasteiger partial charge in [-0.05, 0) is 11.6 Å². The third-order valence-corrected chi connectivity index (χ3v) is 1.90. The van der Waals surface area contributed by atoms with Crippen LogP contribution in [0, 0.1) is 5.82 Å². The van der Waals surface area contributed by atoms with Crippen LogP contribution in [0.5, 0.6) is 0 Å². The molecule has 0 fully saturated rings. The summed E-state index contributed by atoms with van der Waals surface area (Å²) in [4.78, 5) is 0. The van der Waals surface area contributed by atoms with Crippen molar-refractivity contribution in [3.63, 3.8) is 0 Å². The zero-order valence-corrected chi connectivity index (χ0v) is 7.38. The highest BCUT2D eigenvalue weighted by molar-refractivity contribution is 5.28. The van der Waals surface area contributed by atoms with Gasteiger partial charge in [0.15, 0.2) is 0 Å². The van der Waals surface area contributed by atoms with Crippen LogP contribution in [0.2, 0.25) is 0 Å². The van der Waals surface area contributed by atoms with E-state index in [9.17, 15) is 13.2 Å². The summed E-state index contributed by atoms with van der Waals surface area (Å²) in [7, 11) is 0. The quantitative estimate of drug-likeness (QED) is 0.747. The summed E-state index contributed by atoms with van der Waals surface area (Å²) in [5.41, 5.74) is 5.34. The van der Waals surface area contributed by atoms with E-state index in [2.05, 4.69) is 6.58 Å². The molecule has 1 rings (SSSR count). The van der Waals surface area contributed by atoms with E-state index in [0.717, 1.165) is 12.1 Å². The molecule has 1 nitrogen and oxygen atoms in total. The standard InChI is InChI=1S/C10H10F3N/c1-2-9(14)6-3-4-7(10(12)13)8(11)5-6/h2-5,9-10H,1,14H2/t9-/m0/s1. The average molecular weight is 201 g/mol. The van der Waals surface area contributed by atoms with Crippen molar-refractivity contribution in [1.82, 2.24) is 0 Å². The molecule has 1 atom stereocenters. The highest BCUT2D eigenvalue weighted by Gasteiger charge is 2.14. The maximum Gasteiger partial charge on any atom is 0.266 e. The lowest BCUT2D eigenvalue weighted by atomic mass is 10.1. The van der Waals surface area contributed by atoms with E-state index in [-0.39, 0.29) is 0 Å². The Balaban J connectivity index is 3.06. The van der Waals surface area contributed by atoms with E-state index in [0.29, 0.717) is 5.56 Å². The molecular weight excluding hydrogens is 191 g/mol. The molecule has 0 aliphatic heterocycles. The minimum Gasteiger partial charge on any atom is -0.321 e. The third-order valence-electron chi connectivity index (χ3n) is 1.90. The molecule has 0 radical (unpaired) electrons. The monoisotopic (exact) mass is 201 g/mol. The zero-order valence-electron chi connectivity index (χ0n) is 7.38. The van der Waals surface area contributed by atoms with Gasteiger partial charge in [-0.1, -0.05) is 18.2 Å². The van der Waals surface area contributed by atoms with Gasteiger partial charge in [0, 0.05) is 6.04 Å². The van der Waals surface area contributed by atoms with Crippen molar-refractivity contribution < 1.29 is 13.2 Å². The second-order valence-corrected chi connectivity index (χ2v) is 2.84. The van der Waals surface area contributed by atoms with Gasteiger partial charge in [-0.15, -0.1) is 6.58 Å². The highest BCUT2D eigenvalue weighted by atomic mass is 19.3. The Morgan fingerprint density at radius 2 is 2.00 bits per heavy atom. The van der Waals surface area contributed by atoms with E-state index in [1.54, 1.807) is 0 Å².